The van der Waals surface area contributed by atoms with Crippen LogP contribution in [0, 0.1) is 20.8 Å². The molecule has 2 aliphatic heterocycles. The van der Waals surface area contributed by atoms with Gasteiger partial charge < -0.3 is 19.5 Å². The van der Waals surface area contributed by atoms with Crippen molar-refractivity contribution in [3.63, 3.8) is 0 Å². The molecular formula is C21H31NO4. The Labute approximate surface area is 156 Å². The number of ether oxygens (including phenoxy) is 2. The average molecular weight is 361 g/mol. The first-order chi connectivity index (χ1) is 12.2. The molecule has 1 amide bonds. The van der Waals surface area contributed by atoms with Gasteiger partial charge in [-0.2, -0.15) is 0 Å². The molecule has 1 aromatic carbocycles. The number of likely N-dealkylation sites (tertiary alicyclic amines) is 1. The summed E-state index contributed by atoms with van der Waals surface area (Å²) in [6, 6.07) is 4.10. The Morgan fingerprint density at radius 3 is 2.50 bits per heavy atom. The number of aliphatic hydroxyl groups is 1. The molecule has 3 rings (SSSR count). The van der Waals surface area contributed by atoms with Crippen LogP contribution in [0.1, 0.15) is 49.3 Å². The van der Waals surface area contributed by atoms with Gasteiger partial charge in [0, 0.05) is 19.5 Å². The normalized spacial score (nSPS) is 25.3. The number of amides is 1. The summed E-state index contributed by atoms with van der Waals surface area (Å²) in [6.07, 6.45) is 2.88. The average Bonchev–Trinajstić information content (AvgIpc) is 2.58. The number of carbonyl (C=O) groups excluding carboxylic acids is 1. The van der Waals surface area contributed by atoms with Crippen molar-refractivity contribution in [1.82, 2.24) is 4.90 Å². The van der Waals surface area contributed by atoms with Crippen molar-refractivity contribution < 1.29 is 19.4 Å². The number of piperidine rings is 1. The summed E-state index contributed by atoms with van der Waals surface area (Å²) >= 11 is 0. The Hall–Kier alpha value is -1.59. The van der Waals surface area contributed by atoms with E-state index in [4.69, 9.17) is 9.47 Å². The molecular weight excluding hydrogens is 330 g/mol. The van der Waals surface area contributed by atoms with Gasteiger partial charge >= 0.3 is 0 Å². The lowest BCUT2D eigenvalue weighted by atomic mass is 9.78. The lowest BCUT2D eigenvalue weighted by Crippen LogP contribution is -2.54. The van der Waals surface area contributed by atoms with Crippen molar-refractivity contribution in [3.05, 3.63) is 28.8 Å². The SMILES string of the molecule is Cc1ccc(C)c(OCC(=O)N2CCC3(CC2)CC(C)(O)CCO3)c1C. The van der Waals surface area contributed by atoms with E-state index in [-0.39, 0.29) is 18.1 Å². The molecule has 1 N–H and O–H groups in total. The number of aryl methyl sites for hydroxylation is 2. The maximum atomic E-state index is 12.6. The molecule has 5 heteroatoms. The highest BCUT2D eigenvalue weighted by molar-refractivity contribution is 5.78. The van der Waals surface area contributed by atoms with Crippen LogP contribution in [-0.2, 0) is 9.53 Å². The van der Waals surface area contributed by atoms with E-state index in [1.165, 1.54) is 5.56 Å². The molecule has 1 aromatic rings. The van der Waals surface area contributed by atoms with E-state index in [0.717, 1.165) is 29.7 Å². The van der Waals surface area contributed by atoms with Crippen LogP contribution in [0.2, 0.25) is 0 Å². The van der Waals surface area contributed by atoms with Crippen molar-refractivity contribution in [3.8, 4) is 5.75 Å². The first-order valence-electron chi connectivity index (χ1n) is 9.55. The van der Waals surface area contributed by atoms with Crippen molar-refractivity contribution in [2.24, 2.45) is 0 Å². The van der Waals surface area contributed by atoms with Crippen LogP contribution in [0.4, 0.5) is 0 Å². The van der Waals surface area contributed by atoms with E-state index in [1.54, 1.807) is 0 Å². The van der Waals surface area contributed by atoms with E-state index in [1.807, 2.05) is 38.7 Å². The summed E-state index contributed by atoms with van der Waals surface area (Å²) in [7, 11) is 0. The molecule has 0 radical (unpaired) electrons. The number of hydrogen-bond donors (Lipinski definition) is 1. The minimum Gasteiger partial charge on any atom is -0.483 e. The number of hydrogen-bond acceptors (Lipinski definition) is 4. The topological polar surface area (TPSA) is 59.0 Å². The number of benzene rings is 1. The zero-order chi connectivity index (χ0) is 18.9. The van der Waals surface area contributed by atoms with Gasteiger partial charge in [0.25, 0.3) is 5.91 Å². The highest BCUT2D eigenvalue weighted by Gasteiger charge is 2.44. The predicted molar refractivity (Wildman–Crippen MR) is 101 cm³/mol. The van der Waals surface area contributed by atoms with Gasteiger partial charge in [0.15, 0.2) is 6.61 Å². The summed E-state index contributed by atoms with van der Waals surface area (Å²) in [5, 5.41) is 10.4. The van der Waals surface area contributed by atoms with Crippen molar-refractivity contribution in [2.75, 3.05) is 26.3 Å². The van der Waals surface area contributed by atoms with Gasteiger partial charge in [0.2, 0.25) is 0 Å². The molecule has 2 saturated heterocycles. The molecule has 0 bridgehead atoms. The Morgan fingerprint density at radius 2 is 1.85 bits per heavy atom. The second-order valence-corrected chi connectivity index (χ2v) is 8.28. The van der Waals surface area contributed by atoms with Gasteiger partial charge in [-0.1, -0.05) is 12.1 Å². The quantitative estimate of drug-likeness (QED) is 0.899. The third-order valence-corrected chi connectivity index (χ3v) is 5.99. The summed E-state index contributed by atoms with van der Waals surface area (Å²) < 4.78 is 11.9. The van der Waals surface area contributed by atoms with E-state index in [2.05, 4.69) is 6.07 Å². The van der Waals surface area contributed by atoms with Gasteiger partial charge in [0.1, 0.15) is 5.75 Å². The largest absolute Gasteiger partial charge is 0.483 e. The summed E-state index contributed by atoms with van der Waals surface area (Å²) in [5.41, 5.74) is 2.38. The van der Waals surface area contributed by atoms with E-state index in [9.17, 15) is 9.90 Å². The molecule has 5 nitrogen and oxygen atoms in total. The van der Waals surface area contributed by atoms with Crippen LogP contribution in [0.5, 0.6) is 5.75 Å². The van der Waals surface area contributed by atoms with Gasteiger partial charge in [-0.25, -0.2) is 0 Å². The first kappa shape index (κ1) is 19.2. The second-order valence-electron chi connectivity index (χ2n) is 8.28. The van der Waals surface area contributed by atoms with Gasteiger partial charge in [0.05, 0.1) is 17.8 Å². The fourth-order valence-electron chi connectivity index (χ4n) is 4.18. The molecule has 0 aromatic heterocycles. The Kier molecular flexibility index (Phi) is 5.31. The second kappa shape index (κ2) is 7.20. The highest BCUT2D eigenvalue weighted by atomic mass is 16.5. The van der Waals surface area contributed by atoms with Gasteiger partial charge in [-0.05, 0) is 63.6 Å². The maximum absolute atomic E-state index is 12.6. The van der Waals surface area contributed by atoms with Gasteiger partial charge in [-0.3, -0.25) is 4.79 Å². The minimum absolute atomic E-state index is 0.0164. The zero-order valence-corrected chi connectivity index (χ0v) is 16.4. The minimum atomic E-state index is -0.659. The molecule has 144 valence electrons. The van der Waals surface area contributed by atoms with Crippen LogP contribution >= 0.6 is 0 Å². The van der Waals surface area contributed by atoms with Crippen LogP contribution in [0.3, 0.4) is 0 Å². The zero-order valence-electron chi connectivity index (χ0n) is 16.4. The summed E-state index contributed by atoms with van der Waals surface area (Å²) in [5.74, 6) is 0.834. The number of rotatable bonds is 3. The fourth-order valence-corrected chi connectivity index (χ4v) is 4.18. The Morgan fingerprint density at radius 1 is 1.19 bits per heavy atom. The smallest absolute Gasteiger partial charge is 0.260 e. The monoisotopic (exact) mass is 361 g/mol. The number of nitrogens with zero attached hydrogens (tertiary/aromatic N) is 1. The first-order valence-corrected chi connectivity index (χ1v) is 9.55. The Balaban J connectivity index is 1.56. The standard InChI is InChI=1S/C21H31NO4/c1-15-5-6-16(2)19(17(15)3)25-13-18(23)22-10-7-21(8-11-22)14-20(4,24)9-12-26-21/h5-6,24H,7-14H2,1-4H3. The van der Waals surface area contributed by atoms with Crippen molar-refractivity contribution >= 4 is 5.91 Å². The lowest BCUT2D eigenvalue weighted by Gasteiger charge is -2.48. The van der Waals surface area contributed by atoms with Crippen LogP contribution in [0.25, 0.3) is 0 Å². The highest BCUT2D eigenvalue weighted by Crippen LogP contribution is 2.39. The molecule has 2 heterocycles. The molecule has 1 atom stereocenters. The van der Waals surface area contributed by atoms with Crippen LogP contribution in [0.15, 0.2) is 12.1 Å². The number of carbonyl (C=O) groups is 1. The maximum Gasteiger partial charge on any atom is 0.260 e. The molecule has 1 unspecified atom stereocenters. The fraction of sp³-hybridized carbons (Fsp3) is 0.667. The van der Waals surface area contributed by atoms with Crippen molar-refractivity contribution in [1.29, 1.82) is 0 Å². The molecule has 2 fully saturated rings. The van der Waals surface area contributed by atoms with E-state index < -0.39 is 5.60 Å². The molecule has 26 heavy (non-hydrogen) atoms. The molecule has 0 saturated carbocycles. The third-order valence-electron chi connectivity index (χ3n) is 5.99. The summed E-state index contributed by atoms with van der Waals surface area (Å²) in [4.78, 5) is 14.4. The van der Waals surface area contributed by atoms with Crippen LogP contribution in [-0.4, -0.2) is 53.4 Å². The van der Waals surface area contributed by atoms with Gasteiger partial charge in [-0.15, -0.1) is 0 Å². The predicted octanol–water partition coefficient (Wildman–Crippen LogP) is 2.91. The molecule has 0 aliphatic carbocycles. The van der Waals surface area contributed by atoms with E-state index in [0.29, 0.717) is 32.5 Å². The van der Waals surface area contributed by atoms with Crippen LogP contribution < -0.4 is 4.74 Å². The van der Waals surface area contributed by atoms with Crippen molar-refractivity contribution in [2.45, 2.75) is 64.6 Å². The third kappa shape index (κ3) is 4.04. The lowest BCUT2D eigenvalue weighted by molar-refractivity contribution is -0.175. The van der Waals surface area contributed by atoms with E-state index >= 15 is 0 Å². The molecule has 2 aliphatic rings. The Bertz CT molecular complexity index is 675. The summed E-state index contributed by atoms with van der Waals surface area (Å²) in [6.45, 7) is 9.94. The molecule has 1 spiro atoms.